The van der Waals surface area contributed by atoms with Crippen molar-refractivity contribution in [3.63, 3.8) is 0 Å². The second-order valence-electron chi connectivity index (χ2n) is 22.5. The summed E-state index contributed by atoms with van der Waals surface area (Å²) in [5.41, 5.74) is 0. The SMILES string of the molecule is CCCCC/C=C\C/C=C\C/C=C\C/C=C\CCCCC(O)C(=O)NC(COC1OC(CO)C(O)C(O)C1OC(=O)CCCCCCCCCCCCCCCCCCCCC)C(O)/C=C/CCCCCCCCCCCC. The van der Waals surface area contributed by atoms with Crippen LogP contribution in [0, 0.1) is 0 Å². The van der Waals surface area contributed by atoms with Crippen molar-refractivity contribution in [1.29, 1.82) is 0 Å². The molecule has 1 rings (SSSR count). The van der Waals surface area contributed by atoms with Gasteiger partial charge in [-0.05, 0) is 70.6 Å². The van der Waals surface area contributed by atoms with Crippen LogP contribution in [0.15, 0.2) is 60.8 Å². The summed E-state index contributed by atoms with van der Waals surface area (Å²) in [6.45, 7) is 5.76. The molecule has 0 bridgehead atoms. The number of hydrogen-bond donors (Lipinski definition) is 6. The summed E-state index contributed by atoms with van der Waals surface area (Å²) in [5.74, 6) is -1.22. The highest BCUT2D eigenvalue weighted by Crippen LogP contribution is 2.26. The molecule has 1 heterocycles. The molecule has 78 heavy (non-hydrogen) atoms. The maximum Gasteiger partial charge on any atom is 0.306 e. The molecule has 11 heteroatoms. The monoisotopic (exact) mass is 1100 g/mol. The zero-order chi connectivity index (χ0) is 56.8. The van der Waals surface area contributed by atoms with Crippen LogP contribution in [-0.2, 0) is 23.8 Å². The lowest BCUT2D eigenvalue weighted by Gasteiger charge is -2.41. The molecule has 8 atom stereocenters. The van der Waals surface area contributed by atoms with Gasteiger partial charge in [0.2, 0.25) is 5.91 Å². The number of rotatable bonds is 55. The quantitative estimate of drug-likeness (QED) is 0.0195. The van der Waals surface area contributed by atoms with Crippen LogP contribution >= 0.6 is 0 Å². The van der Waals surface area contributed by atoms with Crippen LogP contribution in [0.4, 0.5) is 0 Å². The van der Waals surface area contributed by atoms with Gasteiger partial charge in [-0.1, -0.05) is 274 Å². The van der Waals surface area contributed by atoms with Crippen LogP contribution < -0.4 is 5.32 Å². The topological polar surface area (TPSA) is 175 Å². The number of carbonyl (C=O) groups is 2. The van der Waals surface area contributed by atoms with Gasteiger partial charge in [-0.3, -0.25) is 9.59 Å². The number of amides is 1. The van der Waals surface area contributed by atoms with Gasteiger partial charge in [-0.2, -0.15) is 0 Å². The van der Waals surface area contributed by atoms with Gasteiger partial charge in [0.25, 0.3) is 0 Å². The Morgan fingerprint density at radius 1 is 0.500 bits per heavy atom. The van der Waals surface area contributed by atoms with Crippen LogP contribution in [0.5, 0.6) is 0 Å². The van der Waals surface area contributed by atoms with E-state index >= 15 is 0 Å². The molecule has 0 aromatic carbocycles. The first-order valence-electron chi connectivity index (χ1n) is 32.6. The first kappa shape index (κ1) is 73.4. The third-order valence-electron chi connectivity index (χ3n) is 15.2. The van der Waals surface area contributed by atoms with E-state index in [2.05, 4.69) is 74.7 Å². The molecular formula is C67H121NO10. The first-order valence-corrected chi connectivity index (χ1v) is 32.6. The number of hydrogen-bond acceptors (Lipinski definition) is 10. The number of carbonyl (C=O) groups excluding carboxylic acids is 2. The number of esters is 1. The second kappa shape index (κ2) is 54.9. The van der Waals surface area contributed by atoms with Gasteiger partial charge in [0.15, 0.2) is 12.4 Å². The van der Waals surface area contributed by atoms with E-state index in [0.29, 0.717) is 12.8 Å². The molecule has 1 fully saturated rings. The van der Waals surface area contributed by atoms with E-state index in [1.54, 1.807) is 6.08 Å². The normalized spacial score (nSPS) is 19.3. The summed E-state index contributed by atoms with van der Waals surface area (Å²) in [6.07, 6.45) is 58.3. The molecule has 0 radical (unpaired) electrons. The minimum Gasteiger partial charge on any atom is -0.454 e. The molecule has 454 valence electrons. The van der Waals surface area contributed by atoms with Crippen molar-refractivity contribution >= 4 is 11.9 Å². The minimum atomic E-state index is -1.62. The number of ether oxygens (including phenoxy) is 3. The molecular weight excluding hydrogens is 979 g/mol. The zero-order valence-electron chi connectivity index (χ0n) is 50.3. The molecule has 1 aliphatic rings. The lowest BCUT2D eigenvalue weighted by atomic mass is 9.99. The number of allylic oxidation sites excluding steroid dienone is 9. The Hall–Kier alpha value is -2.64. The van der Waals surface area contributed by atoms with Gasteiger partial charge in [0, 0.05) is 6.42 Å². The maximum atomic E-state index is 13.4. The van der Waals surface area contributed by atoms with E-state index in [-0.39, 0.29) is 19.4 Å². The third-order valence-corrected chi connectivity index (χ3v) is 15.2. The summed E-state index contributed by atoms with van der Waals surface area (Å²) in [6, 6.07) is -1.04. The molecule has 11 nitrogen and oxygen atoms in total. The standard InChI is InChI=1S/C67H121NO10/c1-4-7-10-13-16-19-22-25-27-29-31-33-35-37-40-43-46-49-52-55-62(72)78-65-64(74)63(73)61(56-69)77-67(65)76-57-58(59(70)53-50-47-44-41-38-24-21-18-15-12-9-6-3)68-66(75)60(71)54-51-48-45-42-39-36-34-32-30-28-26-23-20-17-14-11-8-5-2/h17,20,26,28,32,34,39,42,50,53,58-61,63-65,67,69-71,73-74H,4-16,18-19,21-25,27,29-31,33,35-38,40-41,43-49,51-52,54-57H2,1-3H3,(H,68,75)/b20-17-,28-26-,34-32-,42-39-,53-50+. The molecule has 0 aliphatic carbocycles. The largest absolute Gasteiger partial charge is 0.454 e. The van der Waals surface area contributed by atoms with Crippen molar-refractivity contribution in [3.8, 4) is 0 Å². The van der Waals surface area contributed by atoms with Crippen LogP contribution in [0.2, 0.25) is 0 Å². The molecule has 0 saturated carbocycles. The first-order chi connectivity index (χ1) is 38.2. The Balaban J connectivity index is 2.67. The van der Waals surface area contributed by atoms with E-state index in [4.69, 9.17) is 14.2 Å². The van der Waals surface area contributed by atoms with Crippen molar-refractivity contribution in [1.82, 2.24) is 5.32 Å². The Kier molecular flexibility index (Phi) is 51.7. The average Bonchev–Trinajstić information content (AvgIpc) is 3.44. The highest BCUT2D eigenvalue weighted by atomic mass is 16.7. The van der Waals surface area contributed by atoms with Crippen LogP contribution in [-0.4, -0.2) is 99.6 Å². The van der Waals surface area contributed by atoms with Crippen LogP contribution in [0.3, 0.4) is 0 Å². The fraction of sp³-hybridized carbons (Fsp3) is 0.821. The summed E-state index contributed by atoms with van der Waals surface area (Å²) in [4.78, 5) is 26.6. The zero-order valence-corrected chi connectivity index (χ0v) is 50.3. The molecule has 0 aromatic heterocycles. The predicted octanol–water partition coefficient (Wildman–Crippen LogP) is 15.8. The highest BCUT2D eigenvalue weighted by molar-refractivity contribution is 5.80. The molecule has 6 N–H and O–H groups in total. The molecule has 1 saturated heterocycles. The van der Waals surface area contributed by atoms with Crippen molar-refractivity contribution in [2.24, 2.45) is 0 Å². The Bertz CT molecular complexity index is 1500. The van der Waals surface area contributed by atoms with E-state index in [1.807, 2.05) is 6.08 Å². The fourth-order valence-corrected chi connectivity index (χ4v) is 9.99. The Morgan fingerprint density at radius 2 is 0.885 bits per heavy atom. The van der Waals surface area contributed by atoms with E-state index < -0.39 is 67.4 Å². The molecule has 8 unspecified atom stereocenters. The number of unbranched alkanes of at least 4 members (excludes halogenated alkanes) is 33. The number of aliphatic hydroxyl groups is 5. The summed E-state index contributed by atoms with van der Waals surface area (Å²) < 4.78 is 17.6. The Morgan fingerprint density at radius 3 is 1.35 bits per heavy atom. The smallest absolute Gasteiger partial charge is 0.306 e. The summed E-state index contributed by atoms with van der Waals surface area (Å²) in [5, 5.41) is 57.0. The van der Waals surface area contributed by atoms with E-state index in [1.165, 1.54) is 167 Å². The minimum absolute atomic E-state index is 0.122. The van der Waals surface area contributed by atoms with E-state index in [0.717, 1.165) is 77.0 Å². The maximum absolute atomic E-state index is 13.4. The van der Waals surface area contributed by atoms with Gasteiger partial charge in [0.1, 0.15) is 24.4 Å². The van der Waals surface area contributed by atoms with Crippen molar-refractivity contribution < 1.29 is 49.3 Å². The number of nitrogens with one attached hydrogen (secondary N) is 1. The summed E-state index contributed by atoms with van der Waals surface area (Å²) in [7, 11) is 0. The summed E-state index contributed by atoms with van der Waals surface area (Å²) >= 11 is 0. The van der Waals surface area contributed by atoms with Gasteiger partial charge in [-0.25, -0.2) is 0 Å². The van der Waals surface area contributed by atoms with Gasteiger partial charge in [-0.15, -0.1) is 0 Å². The number of aliphatic hydroxyl groups excluding tert-OH is 5. The van der Waals surface area contributed by atoms with Crippen molar-refractivity contribution in [2.45, 2.75) is 339 Å². The van der Waals surface area contributed by atoms with Gasteiger partial charge < -0.3 is 45.1 Å². The molecule has 0 spiro atoms. The average molecular weight is 1100 g/mol. The van der Waals surface area contributed by atoms with E-state index in [9.17, 15) is 35.1 Å². The van der Waals surface area contributed by atoms with Gasteiger partial charge in [0.05, 0.1) is 25.4 Å². The second-order valence-corrected chi connectivity index (χ2v) is 22.5. The molecule has 0 aromatic rings. The lowest BCUT2D eigenvalue weighted by Crippen LogP contribution is -2.61. The predicted molar refractivity (Wildman–Crippen MR) is 324 cm³/mol. The lowest BCUT2D eigenvalue weighted by molar-refractivity contribution is -0.305. The van der Waals surface area contributed by atoms with Crippen LogP contribution in [0.25, 0.3) is 0 Å². The highest BCUT2D eigenvalue weighted by Gasteiger charge is 2.47. The fourth-order valence-electron chi connectivity index (χ4n) is 9.99. The Labute approximate surface area is 478 Å². The third kappa shape index (κ3) is 42.2. The molecule has 1 amide bonds. The van der Waals surface area contributed by atoms with Crippen molar-refractivity contribution in [3.05, 3.63) is 60.8 Å². The van der Waals surface area contributed by atoms with Crippen molar-refractivity contribution in [2.75, 3.05) is 13.2 Å². The molecule has 1 aliphatic heterocycles. The van der Waals surface area contributed by atoms with Crippen LogP contribution in [0.1, 0.15) is 290 Å². The van der Waals surface area contributed by atoms with Gasteiger partial charge >= 0.3 is 5.97 Å².